The average molecular weight is 291 g/mol. The maximum Gasteiger partial charge on any atom is 0.321 e. The first-order chi connectivity index (χ1) is 10.1. The average Bonchev–Trinajstić information content (AvgIpc) is 2.46. The number of piperidine rings is 1. The summed E-state index contributed by atoms with van der Waals surface area (Å²) in [5.41, 5.74) is 7.38. The van der Waals surface area contributed by atoms with Crippen molar-refractivity contribution >= 4 is 17.7 Å². The van der Waals surface area contributed by atoms with Gasteiger partial charge in [-0.05, 0) is 30.9 Å². The van der Waals surface area contributed by atoms with Crippen molar-refractivity contribution in [1.29, 1.82) is 0 Å². The van der Waals surface area contributed by atoms with E-state index in [-0.39, 0.29) is 18.5 Å². The van der Waals surface area contributed by atoms with Crippen LogP contribution in [0.1, 0.15) is 24.8 Å². The molecule has 1 aromatic rings. The third-order valence-corrected chi connectivity index (χ3v) is 3.61. The Morgan fingerprint density at radius 1 is 1.38 bits per heavy atom. The van der Waals surface area contributed by atoms with Gasteiger partial charge in [0.15, 0.2) is 0 Å². The van der Waals surface area contributed by atoms with Crippen molar-refractivity contribution < 1.29 is 14.7 Å². The van der Waals surface area contributed by atoms with Gasteiger partial charge in [0.2, 0.25) is 0 Å². The van der Waals surface area contributed by atoms with Crippen LogP contribution in [0, 0.1) is 0 Å². The minimum Gasteiger partial charge on any atom is -0.481 e. The van der Waals surface area contributed by atoms with Crippen LogP contribution >= 0.6 is 0 Å². The lowest BCUT2D eigenvalue weighted by Gasteiger charge is -2.31. The number of carboxylic acids is 1. The molecule has 1 atom stereocenters. The molecule has 0 saturated carbocycles. The number of aryl methyl sites for hydroxylation is 1. The van der Waals surface area contributed by atoms with Crippen molar-refractivity contribution in [2.24, 2.45) is 5.73 Å². The molecule has 6 heteroatoms. The van der Waals surface area contributed by atoms with Crippen LogP contribution in [-0.4, -0.2) is 41.1 Å². The highest BCUT2D eigenvalue weighted by molar-refractivity contribution is 5.90. The SMILES string of the molecule is NC1CCCN(C(=O)Nc2ccccc2CCC(=O)O)C1. The van der Waals surface area contributed by atoms with Gasteiger partial charge in [-0.15, -0.1) is 0 Å². The summed E-state index contributed by atoms with van der Waals surface area (Å²) >= 11 is 0. The predicted octanol–water partition coefficient (Wildman–Crippen LogP) is 1.66. The number of rotatable bonds is 4. The number of anilines is 1. The third kappa shape index (κ3) is 4.46. The Bertz CT molecular complexity index is 519. The van der Waals surface area contributed by atoms with E-state index >= 15 is 0 Å². The van der Waals surface area contributed by atoms with Crippen molar-refractivity contribution in [3.05, 3.63) is 29.8 Å². The van der Waals surface area contributed by atoms with Gasteiger partial charge in [0.1, 0.15) is 0 Å². The number of urea groups is 1. The van der Waals surface area contributed by atoms with Gasteiger partial charge in [-0.2, -0.15) is 0 Å². The Labute approximate surface area is 123 Å². The fraction of sp³-hybridized carbons (Fsp3) is 0.467. The number of nitrogens with two attached hydrogens (primary N) is 1. The van der Waals surface area contributed by atoms with Gasteiger partial charge in [0.05, 0.1) is 0 Å². The van der Waals surface area contributed by atoms with Crippen molar-refractivity contribution in [3.63, 3.8) is 0 Å². The van der Waals surface area contributed by atoms with Gasteiger partial charge in [-0.3, -0.25) is 4.79 Å². The smallest absolute Gasteiger partial charge is 0.321 e. The Hall–Kier alpha value is -2.08. The molecule has 0 bridgehead atoms. The number of hydrogen-bond donors (Lipinski definition) is 3. The Morgan fingerprint density at radius 3 is 2.86 bits per heavy atom. The molecule has 4 N–H and O–H groups in total. The molecule has 1 aromatic carbocycles. The van der Waals surface area contributed by atoms with E-state index in [0.717, 1.165) is 18.4 Å². The van der Waals surface area contributed by atoms with Crippen molar-refractivity contribution in [1.82, 2.24) is 4.90 Å². The van der Waals surface area contributed by atoms with E-state index in [1.807, 2.05) is 18.2 Å². The summed E-state index contributed by atoms with van der Waals surface area (Å²) in [5, 5.41) is 11.6. The summed E-state index contributed by atoms with van der Waals surface area (Å²) in [6.45, 7) is 1.26. The molecule has 0 aromatic heterocycles. The van der Waals surface area contributed by atoms with Crippen molar-refractivity contribution in [2.75, 3.05) is 18.4 Å². The fourth-order valence-electron chi connectivity index (χ4n) is 2.49. The fourth-order valence-corrected chi connectivity index (χ4v) is 2.49. The zero-order chi connectivity index (χ0) is 15.2. The van der Waals surface area contributed by atoms with E-state index in [1.54, 1.807) is 11.0 Å². The number of para-hydroxylation sites is 1. The number of hydrogen-bond acceptors (Lipinski definition) is 3. The number of nitrogens with one attached hydrogen (secondary N) is 1. The second-order valence-electron chi connectivity index (χ2n) is 5.33. The summed E-state index contributed by atoms with van der Waals surface area (Å²) in [4.78, 5) is 24.6. The third-order valence-electron chi connectivity index (χ3n) is 3.61. The minimum atomic E-state index is -0.849. The molecule has 1 unspecified atom stereocenters. The number of aliphatic carboxylic acids is 1. The molecule has 1 saturated heterocycles. The largest absolute Gasteiger partial charge is 0.481 e. The van der Waals surface area contributed by atoms with Gasteiger partial charge < -0.3 is 21.1 Å². The molecular weight excluding hydrogens is 270 g/mol. The minimum absolute atomic E-state index is 0.0340. The van der Waals surface area contributed by atoms with Crippen LogP contribution in [0.25, 0.3) is 0 Å². The van der Waals surface area contributed by atoms with Crippen LogP contribution in [0.2, 0.25) is 0 Å². The lowest BCUT2D eigenvalue weighted by Crippen LogP contribution is -2.47. The maximum absolute atomic E-state index is 12.2. The molecule has 0 aliphatic carbocycles. The van der Waals surface area contributed by atoms with Crippen molar-refractivity contribution in [2.45, 2.75) is 31.7 Å². The summed E-state index contributed by atoms with van der Waals surface area (Å²) in [6.07, 6.45) is 2.29. The second-order valence-corrected chi connectivity index (χ2v) is 5.33. The van der Waals surface area contributed by atoms with Gasteiger partial charge >= 0.3 is 12.0 Å². The molecule has 0 spiro atoms. The van der Waals surface area contributed by atoms with E-state index in [0.29, 0.717) is 25.2 Å². The van der Waals surface area contributed by atoms with E-state index in [1.165, 1.54) is 0 Å². The molecule has 21 heavy (non-hydrogen) atoms. The normalized spacial score (nSPS) is 18.3. The van der Waals surface area contributed by atoms with Gasteiger partial charge in [0.25, 0.3) is 0 Å². The maximum atomic E-state index is 12.2. The molecule has 6 nitrogen and oxygen atoms in total. The van der Waals surface area contributed by atoms with E-state index < -0.39 is 5.97 Å². The van der Waals surface area contributed by atoms with Gasteiger partial charge in [-0.25, -0.2) is 4.79 Å². The second kappa shape index (κ2) is 7.08. The number of likely N-dealkylation sites (tertiary alicyclic amines) is 1. The summed E-state index contributed by atoms with van der Waals surface area (Å²) in [5.74, 6) is -0.849. The molecule has 1 aliphatic rings. The topological polar surface area (TPSA) is 95.7 Å². The first-order valence-electron chi connectivity index (χ1n) is 7.17. The standard InChI is InChI=1S/C15H21N3O3/c16-12-5-3-9-18(10-12)15(21)17-13-6-2-1-4-11(13)7-8-14(19)20/h1-2,4,6,12H,3,5,7-10,16H2,(H,17,21)(H,19,20). The molecule has 1 aliphatic heterocycles. The van der Waals surface area contributed by atoms with Crippen molar-refractivity contribution in [3.8, 4) is 0 Å². The van der Waals surface area contributed by atoms with E-state index in [2.05, 4.69) is 5.32 Å². The number of carbonyl (C=O) groups is 2. The number of carboxylic acid groups (broad SMARTS) is 1. The van der Waals surface area contributed by atoms with Crippen LogP contribution in [0.4, 0.5) is 10.5 Å². The summed E-state index contributed by atoms with van der Waals surface area (Å²) < 4.78 is 0. The Kier molecular flexibility index (Phi) is 5.16. The van der Waals surface area contributed by atoms with Crippen LogP contribution in [0.15, 0.2) is 24.3 Å². The van der Waals surface area contributed by atoms with E-state index in [4.69, 9.17) is 10.8 Å². The van der Waals surface area contributed by atoms with E-state index in [9.17, 15) is 9.59 Å². The zero-order valence-corrected chi connectivity index (χ0v) is 11.9. The highest BCUT2D eigenvalue weighted by atomic mass is 16.4. The van der Waals surface area contributed by atoms with Gasteiger partial charge in [-0.1, -0.05) is 18.2 Å². The monoisotopic (exact) mass is 291 g/mol. The first-order valence-corrected chi connectivity index (χ1v) is 7.17. The molecule has 2 rings (SSSR count). The molecule has 1 fully saturated rings. The lowest BCUT2D eigenvalue weighted by molar-refractivity contribution is -0.136. The number of benzene rings is 1. The van der Waals surface area contributed by atoms with Crippen LogP contribution in [0.5, 0.6) is 0 Å². The van der Waals surface area contributed by atoms with Crippen LogP contribution in [-0.2, 0) is 11.2 Å². The summed E-state index contributed by atoms with van der Waals surface area (Å²) in [7, 11) is 0. The molecule has 0 radical (unpaired) electrons. The molecule has 114 valence electrons. The highest BCUT2D eigenvalue weighted by Gasteiger charge is 2.21. The number of nitrogens with zero attached hydrogens (tertiary/aromatic N) is 1. The molecular formula is C15H21N3O3. The quantitative estimate of drug-likeness (QED) is 0.786. The Balaban J connectivity index is 2.01. The summed E-state index contributed by atoms with van der Waals surface area (Å²) in [6, 6.07) is 7.14. The molecule has 2 amide bonds. The number of carbonyl (C=O) groups excluding carboxylic acids is 1. The lowest BCUT2D eigenvalue weighted by atomic mass is 10.1. The first kappa shape index (κ1) is 15.3. The number of amides is 2. The van der Waals surface area contributed by atoms with Gasteiger partial charge in [0, 0.05) is 31.2 Å². The van der Waals surface area contributed by atoms with Crippen LogP contribution < -0.4 is 11.1 Å². The predicted molar refractivity (Wildman–Crippen MR) is 80.2 cm³/mol. The highest BCUT2D eigenvalue weighted by Crippen LogP contribution is 2.18. The molecule has 1 heterocycles. The van der Waals surface area contributed by atoms with Crippen LogP contribution in [0.3, 0.4) is 0 Å². The Morgan fingerprint density at radius 2 is 2.14 bits per heavy atom. The zero-order valence-electron chi connectivity index (χ0n) is 11.9.